The summed E-state index contributed by atoms with van der Waals surface area (Å²) in [6.07, 6.45) is 9.82. The van der Waals surface area contributed by atoms with E-state index in [1.807, 2.05) is 30.6 Å². The number of benzene rings is 5. The van der Waals surface area contributed by atoms with Gasteiger partial charge in [-0.3, -0.25) is 4.79 Å². The van der Waals surface area contributed by atoms with Crippen LogP contribution in [0.25, 0.3) is 17.3 Å². The summed E-state index contributed by atoms with van der Waals surface area (Å²) in [5.74, 6) is 0.121. The molecule has 0 fully saturated rings. The van der Waals surface area contributed by atoms with E-state index in [2.05, 4.69) is 132 Å². The third-order valence-electron chi connectivity index (χ3n) is 8.62. The highest BCUT2D eigenvalue weighted by Gasteiger charge is 2.38. The molecule has 6 aromatic rings. The van der Waals surface area contributed by atoms with Gasteiger partial charge in [0.1, 0.15) is 5.54 Å². The van der Waals surface area contributed by atoms with Crippen LogP contribution >= 0.6 is 11.8 Å². The molecule has 5 aromatic carbocycles. The lowest BCUT2D eigenvalue weighted by atomic mass is 9.77. The van der Waals surface area contributed by atoms with E-state index in [1.165, 1.54) is 4.90 Å². The quantitative estimate of drug-likeness (QED) is 0.106. The van der Waals surface area contributed by atoms with Crippen molar-refractivity contribution >= 4 is 23.6 Å². The molecule has 1 aliphatic rings. The van der Waals surface area contributed by atoms with E-state index >= 15 is 0 Å². The van der Waals surface area contributed by atoms with Gasteiger partial charge in [-0.2, -0.15) is 0 Å². The van der Waals surface area contributed by atoms with Gasteiger partial charge in [-0.25, -0.2) is 4.98 Å². The molecule has 214 valence electrons. The lowest BCUT2D eigenvalue weighted by Gasteiger charge is -2.37. The first kappa shape index (κ1) is 27.9. The second-order valence-corrected chi connectivity index (χ2v) is 12.0. The zero-order chi connectivity index (χ0) is 29.9. The number of carbonyl (C=O) groups excluding carboxylic acids is 1. The lowest BCUT2D eigenvalue weighted by Crippen LogP contribution is -2.36. The maximum Gasteiger partial charge on any atom is 0.189 e. The summed E-state index contributed by atoms with van der Waals surface area (Å²) >= 11 is 1.71. The summed E-state index contributed by atoms with van der Waals surface area (Å²) in [6.45, 7) is 0. The highest BCUT2D eigenvalue weighted by molar-refractivity contribution is 7.98. The Morgan fingerprint density at radius 3 is 1.91 bits per heavy atom. The number of carbonyl (C=O) groups is 1. The van der Waals surface area contributed by atoms with E-state index in [1.54, 1.807) is 11.8 Å². The van der Waals surface area contributed by atoms with Gasteiger partial charge in [-0.1, -0.05) is 115 Å². The van der Waals surface area contributed by atoms with Crippen LogP contribution in [0.5, 0.6) is 0 Å². The zero-order valence-corrected chi connectivity index (χ0v) is 25.4. The number of hydrogen-bond donors (Lipinski definition) is 0. The molecule has 0 saturated carbocycles. The van der Waals surface area contributed by atoms with Crippen molar-refractivity contribution in [1.82, 2.24) is 9.55 Å². The van der Waals surface area contributed by atoms with E-state index in [4.69, 9.17) is 4.98 Å². The van der Waals surface area contributed by atoms with Gasteiger partial charge in [0.25, 0.3) is 0 Å². The molecule has 0 atom stereocenters. The molecule has 1 heterocycles. The van der Waals surface area contributed by atoms with Crippen molar-refractivity contribution in [2.75, 3.05) is 6.26 Å². The predicted octanol–water partition coefficient (Wildman–Crippen LogP) is 9.32. The number of ketones is 1. The smallest absolute Gasteiger partial charge is 0.189 e. The van der Waals surface area contributed by atoms with Crippen LogP contribution in [-0.2, 0) is 12.0 Å². The number of nitrogens with zero attached hydrogens (tertiary/aromatic N) is 2. The fourth-order valence-corrected chi connectivity index (χ4v) is 6.96. The van der Waals surface area contributed by atoms with Gasteiger partial charge >= 0.3 is 0 Å². The highest BCUT2D eigenvalue weighted by atomic mass is 32.2. The molecule has 44 heavy (non-hydrogen) atoms. The molecule has 7 rings (SSSR count). The lowest BCUT2D eigenvalue weighted by molar-refractivity contribution is 0.102. The van der Waals surface area contributed by atoms with Crippen molar-refractivity contribution in [2.24, 2.45) is 0 Å². The Morgan fingerprint density at radius 1 is 0.705 bits per heavy atom. The number of aryl methyl sites for hydroxylation is 1. The molecule has 4 heteroatoms. The summed E-state index contributed by atoms with van der Waals surface area (Å²) in [5.41, 5.74) is 8.46. The predicted molar refractivity (Wildman–Crippen MR) is 181 cm³/mol. The van der Waals surface area contributed by atoms with Crippen molar-refractivity contribution in [2.45, 2.75) is 23.3 Å². The molecule has 0 radical (unpaired) electrons. The van der Waals surface area contributed by atoms with Gasteiger partial charge in [-0.05, 0) is 71.2 Å². The number of thioether (sulfide) groups is 1. The number of hydrogen-bond acceptors (Lipinski definition) is 3. The van der Waals surface area contributed by atoms with Crippen LogP contribution in [0.3, 0.4) is 0 Å². The number of aromatic nitrogens is 2. The fourth-order valence-electron chi connectivity index (χ4n) is 6.49. The molecule has 0 aliphatic heterocycles. The van der Waals surface area contributed by atoms with Crippen molar-refractivity contribution in [3.05, 3.63) is 185 Å². The van der Waals surface area contributed by atoms with Crippen LogP contribution in [0, 0.1) is 0 Å². The minimum Gasteiger partial charge on any atom is -0.318 e. The first-order valence-electron chi connectivity index (χ1n) is 14.9. The Balaban J connectivity index is 1.35. The summed E-state index contributed by atoms with van der Waals surface area (Å²) < 4.78 is 2.23. The van der Waals surface area contributed by atoms with Crippen molar-refractivity contribution in [1.29, 1.82) is 0 Å². The van der Waals surface area contributed by atoms with Gasteiger partial charge in [0.2, 0.25) is 0 Å². The molecule has 0 N–H and O–H groups in total. The SMILES string of the molecule is CSc1ccc2c(c1)CCC(=Cc1ccccc1-c1cn(C(c3ccccc3)(c3ccccc3)c3ccccc3)cn1)C2=O. The van der Waals surface area contributed by atoms with Gasteiger partial charge in [0.15, 0.2) is 5.78 Å². The van der Waals surface area contributed by atoms with Crippen LogP contribution in [-0.4, -0.2) is 21.6 Å². The topological polar surface area (TPSA) is 34.9 Å². The molecule has 3 nitrogen and oxygen atoms in total. The van der Waals surface area contributed by atoms with Crippen molar-refractivity contribution < 1.29 is 4.79 Å². The van der Waals surface area contributed by atoms with E-state index in [0.29, 0.717) is 0 Å². The number of Topliss-reactive ketones (excluding diaryl/α,β-unsaturated/α-hetero) is 1. The number of allylic oxidation sites excluding steroid dienone is 1. The minimum atomic E-state index is -0.638. The summed E-state index contributed by atoms with van der Waals surface area (Å²) in [6, 6.07) is 46.3. The average molecular weight is 589 g/mol. The molecule has 1 aromatic heterocycles. The normalized spacial score (nSPS) is 14.0. The molecular weight excluding hydrogens is 557 g/mol. The van der Waals surface area contributed by atoms with Crippen molar-refractivity contribution in [3.63, 3.8) is 0 Å². The van der Waals surface area contributed by atoms with E-state index in [9.17, 15) is 4.79 Å². The summed E-state index contributed by atoms with van der Waals surface area (Å²) in [7, 11) is 0. The molecule has 0 saturated heterocycles. The van der Waals surface area contributed by atoms with E-state index in [0.717, 1.165) is 63.1 Å². The Hall–Kier alpha value is -4.93. The summed E-state index contributed by atoms with van der Waals surface area (Å²) in [4.78, 5) is 19.8. The molecule has 0 spiro atoms. The zero-order valence-electron chi connectivity index (χ0n) is 24.6. The van der Waals surface area contributed by atoms with Gasteiger partial charge < -0.3 is 4.57 Å². The number of imidazole rings is 1. The Kier molecular flexibility index (Phi) is 7.59. The molecular formula is C40H32N2OS. The minimum absolute atomic E-state index is 0.121. The standard InChI is InChI=1S/C40H32N2OS/c1-44-35-23-24-37-30(26-35)21-22-31(39(37)43)25-29-13-11-12-20-36(29)38-27-42(28-41-38)40(32-14-5-2-6-15-32,33-16-7-3-8-17-33)34-18-9-4-10-19-34/h2-20,23-28H,21-22H2,1H3. The maximum atomic E-state index is 13.6. The molecule has 0 unspecified atom stereocenters. The number of fused-ring (bicyclic) bond motifs is 1. The van der Waals surface area contributed by atoms with Crippen LogP contribution in [0.1, 0.15) is 44.6 Å². The highest BCUT2D eigenvalue weighted by Crippen LogP contribution is 2.42. The Labute approximate surface area is 262 Å². The fraction of sp³-hybridized carbons (Fsp3) is 0.100. The van der Waals surface area contributed by atoms with E-state index < -0.39 is 5.54 Å². The maximum absolute atomic E-state index is 13.6. The molecule has 1 aliphatic carbocycles. The van der Waals surface area contributed by atoms with Gasteiger partial charge in [0, 0.05) is 27.8 Å². The second-order valence-electron chi connectivity index (χ2n) is 11.1. The summed E-state index contributed by atoms with van der Waals surface area (Å²) in [5, 5.41) is 0. The Morgan fingerprint density at radius 2 is 1.30 bits per heavy atom. The molecule has 0 amide bonds. The monoisotopic (exact) mass is 588 g/mol. The number of rotatable bonds is 7. The van der Waals surface area contributed by atoms with Gasteiger partial charge in [0.05, 0.1) is 12.0 Å². The van der Waals surface area contributed by atoms with Crippen LogP contribution in [0.2, 0.25) is 0 Å². The first-order chi connectivity index (χ1) is 21.7. The second kappa shape index (κ2) is 12.0. The van der Waals surface area contributed by atoms with E-state index in [-0.39, 0.29) is 5.78 Å². The largest absolute Gasteiger partial charge is 0.318 e. The first-order valence-corrected chi connectivity index (χ1v) is 16.1. The van der Waals surface area contributed by atoms with Crippen LogP contribution in [0.15, 0.2) is 156 Å². The Bertz CT molecular complexity index is 1860. The average Bonchev–Trinajstić information content (AvgIpc) is 3.58. The van der Waals surface area contributed by atoms with Crippen LogP contribution < -0.4 is 0 Å². The van der Waals surface area contributed by atoms with Crippen molar-refractivity contribution in [3.8, 4) is 11.3 Å². The van der Waals surface area contributed by atoms with Crippen LogP contribution in [0.4, 0.5) is 0 Å². The molecule has 0 bridgehead atoms. The third-order valence-corrected chi connectivity index (χ3v) is 9.35. The third kappa shape index (κ3) is 4.91. The van der Waals surface area contributed by atoms with Gasteiger partial charge in [-0.15, -0.1) is 11.8 Å².